The van der Waals surface area contributed by atoms with Crippen LogP contribution in [0, 0.1) is 5.41 Å². The topological polar surface area (TPSA) is 29.1 Å². The summed E-state index contributed by atoms with van der Waals surface area (Å²) in [5.74, 6) is 0.0316. The summed E-state index contributed by atoms with van der Waals surface area (Å²) in [5, 5.41) is 5.88. The van der Waals surface area contributed by atoms with Gasteiger partial charge in [0.1, 0.15) is 4.88 Å². The van der Waals surface area contributed by atoms with Gasteiger partial charge in [-0.3, -0.25) is 4.79 Å². The molecule has 1 heterocycles. The Bertz CT molecular complexity index is 373. The molecule has 0 saturated heterocycles. The lowest BCUT2D eigenvalue weighted by Crippen LogP contribution is -2.30. The Morgan fingerprint density at radius 2 is 2.33 bits per heavy atom. The van der Waals surface area contributed by atoms with Crippen molar-refractivity contribution in [2.45, 2.75) is 12.8 Å². The van der Waals surface area contributed by atoms with Crippen LogP contribution < -0.4 is 5.32 Å². The van der Waals surface area contributed by atoms with Gasteiger partial charge in [-0.1, -0.05) is 15.9 Å². The van der Waals surface area contributed by atoms with Crippen molar-refractivity contribution >= 4 is 49.1 Å². The van der Waals surface area contributed by atoms with E-state index in [1.165, 1.54) is 24.2 Å². The van der Waals surface area contributed by atoms with Crippen LogP contribution in [0.4, 0.5) is 0 Å². The Labute approximate surface area is 110 Å². The number of rotatable bonds is 4. The highest BCUT2D eigenvalue weighted by Gasteiger charge is 2.41. The standard InChI is InChI=1S/C10H11Br2NOS/c11-5-10(2-3-10)6-13-9(14)8-7(12)1-4-15-8/h1,4H,2-3,5-6H2,(H,13,14). The SMILES string of the molecule is O=C(NCC1(CBr)CC1)c1sccc1Br. The first-order chi connectivity index (χ1) is 7.17. The molecule has 1 aliphatic carbocycles. The first-order valence-electron chi connectivity index (χ1n) is 4.74. The van der Waals surface area contributed by atoms with E-state index in [-0.39, 0.29) is 5.91 Å². The lowest BCUT2D eigenvalue weighted by Gasteiger charge is -2.11. The van der Waals surface area contributed by atoms with Crippen molar-refractivity contribution in [3.05, 3.63) is 20.8 Å². The molecule has 1 aromatic rings. The minimum absolute atomic E-state index is 0.0316. The normalized spacial score (nSPS) is 17.5. The number of thiophene rings is 1. The number of hydrogen-bond donors (Lipinski definition) is 1. The number of alkyl halides is 1. The molecule has 0 radical (unpaired) electrons. The highest BCUT2D eigenvalue weighted by Crippen LogP contribution is 2.46. The molecule has 2 nitrogen and oxygen atoms in total. The van der Waals surface area contributed by atoms with Crippen molar-refractivity contribution in [1.82, 2.24) is 5.32 Å². The molecule has 1 aliphatic rings. The summed E-state index contributed by atoms with van der Waals surface area (Å²) < 4.78 is 0.883. The summed E-state index contributed by atoms with van der Waals surface area (Å²) in [7, 11) is 0. The quantitative estimate of drug-likeness (QED) is 0.826. The van der Waals surface area contributed by atoms with E-state index in [4.69, 9.17) is 0 Å². The van der Waals surface area contributed by atoms with Crippen LogP contribution in [0.3, 0.4) is 0 Å². The Hall–Kier alpha value is 0.130. The molecule has 1 amide bonds. The van der Waals surface area contributed by atoms with Crippen molar-refractivity contribution in [3.63, 3.8) is 0 Å². The van der Waals surface area contributed by atoms with E-state index >= 15 is 0 Å². The highest BCUT2D eigenvalue weighted by molar-refractivity contribution is 9.10. The van der Waals surface area contributed by atoms with Gasteiger partial charge in [0.2, 0.25) is 0 Å². The lowest BCUT2D eigenvalue weighted by molar-refractivity contribution is 0.0950. The van der Waals surface area contributed by atoms with Crippen LogP contribution in [0.2, 0.25) is 0 Å². The number of hydrogen-bond acceptors (Lipinski definition) is 2. The molecule has 0 aromatic carbocycles. The van der Waals surface area contributed by atoms with Crippen LogP contribution in [-0.2, 0) is 0 Å². The van der Waals surface area contributed by atoms with E-state index in [1.54, 1.807) is 0 Å². The van der Waals surface area contributed by atoms with Gasteiger partial charge in [-0.25, -0.2) is 0 Å². The predicted octanol–water partition coefficient (Wildman–Crippen LogP) is 3.42. The third-order valence-electron chi connectivity index (χ3n) is 2.69. The van der Waals surface area contributed by atoms with E-state index in [0.29, 0.717) is 5.41 Å². The fourth-order valence-corrected chi connectivity index (χ4v) is 3.56. The molecule has 0 atom stereocenters. The highest BCUT2D eigenvalue weighted by atomic mass is 79.9. The smallest absolute Gasteiger partial charge is 0.262 e. The zero-order valence-corrected chi connectivity index (χ0v) is 12.0. The Morgan fingerprint density at radius 3 is 2.80 bits per heavy atom. The van der Waals surface area contributed by atoms with Gasteiger partial charge in [0.15, 0.2) is 0 Å². The molecule has 2 rings (SSSR count). The second kappa shape index (κ2) is 4.55. The summed E-state index contributed by atoms with van der Waals surface area (Å²) >= 11 is 8.31. The third kappa shape index (κ3) is 2.63. The van der Waals surface area contributed by atoms with Crippen LogP contribution in [0.15, 0.2) is 15.9 Å². The van der Waals surface area contributed by atoms with Gasteiger partial charge in [-0.15, -0.1) is 11.3 Å². The fraction of sp³-hybridized carbons (Fsp3) is 0.500. The average molecular weight is 353 g/mol. The molecule has 1 aromatic heterocycles. The molecule has 1 fully saturated rings. The maximum absolute atomic E-state index is 11.8. The molecule has 0 bridgehead atoms. The number of halogens is 2. The van der Waals surface area contributed by atoms with Gasteiger partial charge in [-0.2, -0.15) is 0 Å². The largest absolute Gasteiger partial charge is 0.351 e. The zero-order chi connectivity index (χ0) is 10.9. The Morgan fingerprint density at radius 1 is 1.60 bits per heavy atom. The molecular formula is C10H11Br2NOS. The van der Waals surface area contributed by atoms with Crippen molar-refractivity contribution in [3.8, 4) is 0 Å². The summed E-state index contributed by atoms with van der Waals surface area (Å²) in [6.07, 6.45) is 2.42. The summed E-state index contributed by atoms with van der Waals surface area (Å²) in [4.78, 5) is 12.5. The third-order valence-corrected chi connectivity index (χ3v) is 5.71. The minimum atomic E-state index is 0.0316. The maximum Gasteiger partial charge on any atom is 0.262 e. The molecule has 0 unspecified atom stereocenters. The number of carbonyl (C=O) groups excluding carboxylic acids is 1. The monoisotopic (exact) mass is 351 g/mol. The van der Waals surface area contributed by atoms with Crippen LogP contribution in [0.25, 0.3) is 0 Å². The predicted molar refractivity (Wildman–Crippen MR) is 69.8 cm³/mol. The van der Waals surface area contributed by atoms with E-state index in [1.807, 2.05) is 11.4 Å². The van der Waals surface area contributed by atoms with Crippen molar-refractivity contribution in [2.24, 2.45) is 5.41 Å². The summed E-state index contributed by atoms with van der Waals surface area (Å²) in [6.45, 7) is 0.779. The Balaban J connectivity index is 1.91. The van der Waals surface area contributed by atoms with E-state index in [9.17, 15) is 4.79 Å². The number of carbonyl (C=O) groups is 1. The van der Waals surface area contributed by atoms with Gasteiger partial charge in [0, 0.05) is 16.3 Å². The van der Waals surface area contributed by atoms with Gasteiger partial charge >= 0.3 is 0 Å². The first kappa shape index (κ1) is 11.6. The van der Waals surface area contributed by atoms with Crippen molar-refractivity contribution in [1.29, 1.82) is 0 Å². The fourth-order valence-electron chi connectivity index (χ4n) is 1.34. The van der Waals surface area contributed by atoms with Crippen LogP contribution in [-0.4, -0.2) is 17.8 Å². The number of nitrogens with one attached hydrogen (secondary N) is 1. The van der Waals surface area contributed by atoms with E-state index < -0.39 is 0 Å². The summed E-state index contributed by atoms with van der Waals surface area (Å²) in [6, 6.07) is 1.90. The zero-order valence-electron chi connectivity index (χ0n) is 8.06. The molecular weight excluding hydrogens is 342 g/mol. The number of amides is 1. The van der Waals surface area contributed by atoms with E-state index in [0.717, 1.165) is 21.2 Å². The van der Waals surface area contributed by atoms with Gasteiger partial charge in [0.25, 0.3) is 5.91 Å². The molecule has 82 valence electrons. The van der Waals surface area contributed by atoms with Gasteiger partial charge in [0.05, 0.1) is 0 Å². The molecule has 15 heavy (non-hydrogen) atoms. The molecule has 5 heteroatoms. The van der Waals surface area contributed by atoms with Crippen molar-refractivity contribution < 1.29 is 4.79 Å². The second-order valence-corrected chi connectivity index (χ2v) is 6.25. The average Bonchev–Trinajstić information content (AvgIpc) is 2.91. The Kier molecular flexibility index (Phi) is 3.52. The van der Waals surface area contributed by atoms with Gasteiger partial charge < -0.3 is 5.32 Å². The molecule has 1 N–H and O–H groups in total. The maximum atomic E-state index is 11.8. The van der Waals surface area contributed by atoms with Crippen molar-refractivity contribution in [2.75, 3.05) is 11.9 Å². The lowest BCUT2D eigenvalue weighted by atomic mass is 10.1. The van der Waals surface area contributed by atoms with Crippen LogP contribution >= 0.6 is 43.2 Å². The molecule has 0 aliphatic heterocycles. The molecule has 1 saturated carbocycles. The van der Waals surface area contributed by atoms with Crippen LogP contribution in [0.1, 0.15) is 22.5 Å². The second-order valence-electron chi connectivity index (χ2n) is 3.91. The minimum Gasteiger partial charge on any atom is -0.351 e. The van der Waals surface area contributed by atoms with Gasteiger partial charge in [-0.05, 0) is 45.6 Å². The van der Waals surface area contributed by atoms with Crippen LogP contribution in [0.5, 0.6) is 0 Å². The first-order valence-corrected chi connectivity index (χ1v) is 7.53. The summed E-state index contributed by atoms with van der Waals surface area (Å²) in [5.41, 5.74) is 0.333. The molecule has 0 spiro atoms. The van der Waals surface area contributed by atoms with E-state index in [2.05, 4.69) is 37.2 Å².